The van der Waals surface area contributed by atoms with Gasteiger partial charge in [0, 0.05) is 22.7 Å². The smallest absolute Gasteiger partial charge is 0.231 e. The van der Waals surface area contributed by atoms with Crippen molar-refractivity contribution in [3.8, 4) is 0 Å². The van der Waals surface area contributed by atoms with Crippen molar-refractivity contribution < 1.29 is 9.53 Å². The molecule has 1 unspecified atom stereocenters. The van der Waals surface area contributed by atoms with Gasteiger partial charge >= 0.3 is 0 Å². The number of amides is 1. The molecule has 1 aliphatic heterocycles. The molecule has 0 saturated carbocycles. The van der Waals surface area contributed by atoms with Crippen molar-refractivity contribution in [3.05, 3.63) is 69.2 Å². The van der Waals surface area contributed by atoms with Gasteiger partial charge < -0.3 is 10.1 Å². The number of carbonyl (C=O) groups excluding carboxylic acids is 1. The van der Waals surface area contributed by atoms with E-state index in [1.165, 1.54) is 0 Å². The van der Waals surface area contributed by atoms with Crippen LogP contribution in [0.4, 0.5) is 0 Å². The van der Waals surface area contributed by atoms with Crippen molar-refractivity contribution in [1.29, 1.82) is 0 Å². The van der Waals surface area contributed by atoms with Gasteiger partial charge in [-0.3, -0.25) is 4.79 Å². The third kappa shape index (κ3) is 4.08. The summed E-state index contributed by atoms with van der Waals surface area (Å²) >= 11 is 9.54. The van der Waals surface area contributed by atoms with E-state index in [9.17, 15) is 4.79 Å². The van der Waals surface area contributed by atoms with Crippen molar-refractivity contribution in [2.75, 3.05) is 13.2 Å². The highest BCUT2D eigenvalue weighted by molar-refractivity contribution is 9.10. The molecule has 1 N–H and O–H groups in total. The first-order valence-corrected chi connectivity index (χ1v) is 9.58. The lowest BCUT2D eigenvalue weighted by molar-refractivity contribution is -0.131. The Morgan fingerprint density at radius 2 is 1.88 bits per heavy atom. The van der Waals surface area contributed by atoms with E-state index in [4.69, 9.17) is 16.3 Å². The van der Waals surface area contributed by atoms with E-state index in [-0.39, 0.29) is 11.9 Å². The average Bonchev–Trinajstić information content (AvgIpc) is 2.62. The summed E-state index contributed by atoms with van der Waals surface area (Å²) in [6.07, 6.45) is 1.37. The molecule has 3 rings (SSSR count). The van der Waals surface area contributed by atoms with Gasteiger partial charge in [-0.2, -0.15) is 0 Å². The van der Waals surface area contributed by atoms with Crippen LogP contribution in [0.3, 0.4) is 0 Å². The van der Waals surface area contributed by atoms with Gasteiger partial charge in [-0.25, -0.2) is 0 Å². The molecule has 0 radical (unpaired) electrons. The van der Waals surface area contributed by atoms with Gasteiger partial charge in [0.25, 0.3) is 0 Å². The first kappa shape index (κ1) is 18.4. The molecule has 1 saturated heterocycles. The Balaban J connectivity index is 1.86. The minimum Gasteiger partial charge on any atom is -0.381 e. The summed E-state index contributed by atoms with van der Waals surface area (Å²) in [6.45, 7) is 3.17. The van der Waals surface area contributed by atoms with Gasteiger partial charge in [-0.15, -0.1) is 0 Å². The Morgan fingerprint density at radius 1 is 1.20 bits per heavy atom. The number of rotatable bonds is 4. The Kier molecular flexibility index (Phi) is 5.82. The largest absolute Gasteiger partial charge is 0.381 e. The van der Waals surface area contributed by atoms with Crippen LogP contribution in [0.1, 0.15) is 36.9 Å². The summed E-state index contributed by atoms with van der Waals surface area (Å²) in [6, 6.07) is 15.5. The van der Waals surface area contributed by atoms with Crippen LogP contribution in [-0.2, 0) is 14.9 Å². The molecule has 1 atom stereocenters. The summed E-state index contributed by atoms with van der Waals surface area (Å²) in [5.41, 5.74) is 1.49. The van der Waals surface area contributed by atoms with Crippen LogP contribution < -0.4 is 5.32 Å². The maximum absolute atomic E-state index is 13.3. The van der Waals surface area contributed by atoms with Gasteiger partial charge in [0.05, 0.1) is 11.5 Å². The topological polar surface area (TPSA) is 38.3 Å². The van der Waals surface area contributed by atoms with E-state index in [2.05, 4.69) is 21.2 Å². The predicted octanol–water partition coefficient (Wildman–Crippen LogP) is 5.03. The molecular weight excluding hydrogens is 402 g/mol. The molecule has 2 aromatic rings. The number of hydrogen-bond donors (Lipinski definition) is 1. The summed E-state index contributed by atoms with van der Waals surface area (Å²) < 4.78 is 6.52. The predicted molar refractivity (Wildman–Crippen MR) is 104 cm³/mol. The monoisotopic (exact) mass is 421 g/mol. The Morgan fingerprint density at radius 3 is 2.52 bits per heavy atom. The Labute approximate surface area is 161 Å². The highest BCUT2D eigenvalue weighted by Gasteiger charge is 2.42. The second-order valence-electron chi connectivity index (χ2n) is 6.45. The van der Waals surface area contributed by atoms with Crippen molar-refractivity contribution in [2.24, 2.45) is 0 Å². The summed E-state index contributed by atoms with van der Waals surface area (Å²) in [5.74, 6) is 0.0468. The van der Waals surface area contributed by atoms with Crippen LogP contribution in [0, 0.1) is 0 Å². The Bertz CT molecular complexity index is 742. The average molecular weight is 423 g/mol. The fourth-order valence-corrected chi connectivity index (χ4v) is 3.79. The van der Waals surface area contributed by atoms with Gasteiger partial charge in [0.2, 0.25) is 5.91 Å². The first-order chi connectivity index (χ1) is 12.0. The fourth-order valence-electron chi connectivity index (χ4n) is 3.33. The van der Waals surface area contributed by atoms with Crippen LogP contribution >= 0.6 is 27.5 Å². The number of halogens is 2. The first-order valence-electron chi connectivity index (χ1n) is 8.41. The molecule has 0 bridgehead atoms. The third-order valence-corrected chi connectivity index (χ3v) is 5.64. The highest BCUT2D eigenvalue weighted by Crippen LogP contribution is 2.36. The highest BCUT2D eigenvalue weighted by atomic mass is 79.9. The number of benzene rings is 2. The van der Waals surface area contributed by atoms with E-state index in [0.717, 1.165) is 15.6 Å². The normalized spacial score (nSPS) is 17.7. The second kappa shape index (κ2) is 7.90. The molecule has 1 fully saturated rings. The van der Waals surface area contributed by atoms with E-state index in [1.54, 1.807) is 0 Å². The number of carbonyl (C=O) groups is 1. The number of ether oxygens (including phenoxy) is 1. The number of hydrogen-bond acceptors (Lipinski definition) is 2. The molecule has 2 aromatic carbocycles. The van der Waals surface area contributed by atoms with Gasteiger partial charge in [-0.05, 0) is 55.2 Å². The lowest BCUT2D eigenvalue weighted by atomic mass is 9.73. The molecule has 1 heterocycles. The van der Waals surface area contributed by atoms with Gasteiger partial charge in [-0.1, -0.05) is 51.8 Å². The van der Waals surface area contributed by atoms with Crippen LogP contribution in [0.15, 0.2) is 53.0 Å². The fraction of sp³-hybridized carbons (Fsp3) is 0.350. The summed E-state index contributed by atoms with van der Waals surface area (Å²) in [4.78, 5) is 13.3. The molecule has 0 aromatic heterocycles. The molecule has 0 spiro atoms. The van der Waals surface area contributed by atoms with Crippen LogP contribution in [0.5, 0.6) is 0 Å². The standard InChI is InChI=1S/C20H21BrClNO2/c1-14(15-3-2-4-18(22)13-15)23-19(24)20(9-11-25-12-10-20)16-5-7-17(21)8-6-16/h2-8,13-14H,9-12H2,1H3,(H,23,24). The van der Waals surface area contributed by atoms with Crippen LogP contribution in [-0.4, -0.2) is 19.1 Å². The molecule has 0 aliphatic carbocycles. The lowest BCUT2D eigenvalue weighted by Crippen LogP contribution is -2.48. The molecule has 1 aliphatic rings. The molecule has 5 heteroatoms. The maximum atomic E-state index is 13.3. The summed E-state index contributed by atoms with van der Waals surface area (Å²) in [5, 5.41) is 3.86. The van der Waals surface area contributed by atoms with Crippen molar-refractivity contribution in [2.45, 2.75) is 31.2 Å². The minimum atomic E-state index is -0.550. The van der Waals surface area contributed by atoms with Gasteiger partial charge in [0.1, 0.15) is 0 Å². The van der Waals surface area contributed by atoms with E-state index in [0.29, 0.717) is 31.1 Å². The zero-order valence-corrected chi connectivity index (χ0v) is 16.4. The van der Waals surface area contributed by atoms with Crippen molar-refractivity contribution in [1.82, 2.24) is 5.32 Å². The molecule has 25 heavy (non-hydrogen) atoms. The SMILES string of the molecule is CC(NC(=O)C1(c2ccc(Br)cc2)CCOCC1)c1cccc(Cl)c1. The maximum Gasteiger partial charge on any atom is 0.231 e. The van der Waals surface area contributed by atoms with Crippen LogP contribution in [0.2, 0.25) is 5.02 Å². The van der Waals surface area contributed by atoms with E-state index in [1.807, 2.05) is 55.5 Å². The van der Waals surface area contributed by atoms with Gasteiger partial charge in [0.15, 0.2) is 0 Å². The van der Waals surface area contributed by atoms with Crippen molar-refractivity contribution in [3.63, 3.8) is 0 Å². The number of nitrogens with one attached hydrogen (secondary N) is 1. The third-order valence-electron chi connectivity index (χ3n) is 4.87. The zero-order valence-electron chi connectivity index (χ0n) is 14.1. The molecule has 1 amide bonds. The lowest BCUT2D eigenvalue weighted by Gasteiger charge is -2.37. The quantitative estimate of drug-likeness (QED) is 0.750. The van der Waals surface area contributed by atoms with E-state index >= 15 is 0 Å². The second-order valence-corrected chi connectivity index (χ2v) is 7.80. The summed E-state index contributed by atoms with van der Waals surface area (Å²) in [7, 11) is 0. The zero-order chi connectivity index (χ0) is 17.9. The molecular formula is C20H21BrClNO2. The Hall–Kier alpha value is -1.36. The molecule has 3 nitrogen and oxygen atoms in total. The van der Waals surface area contributed by atoms with Crippen molar-refractivity contribution >= 4 is 33.4 Å². The minimum absolute atomic E-state index is 0.0468. The van der Waals surface area contributed by atoms with E-state index < -0.39 is 5.41 Å². The van der Waals surface area contributed by atoms with Crippen LogP contribution in [0.25, 0.3) is 0 Å². The molecule has 132 valence electrons.